The Kier molecular flexibility index (Phi) is 6.99. The molecule has 6 nitrogen and oxygen atoms in total. The Balaban J connectivity index is 1.34. The summed E-state index contributed by atoms with van der Waals surface area (Å²) in [5.74, 6) is 0.668. The number of aromatic nitrogens is 2. The summed E-state index contributed by atoms with van der Waals surface area (Å²) in [5, 5.41) is 5.36. The molecule has 34 heavy (non-hydrogen) atoms. The lowest BCUT2D eigenvalue weighted by molar-refractivity contribution is -0.126. The smallest absolute Gasteiger partial charge is 0.270 e. The van der Waals surface area contributed by atoms with E-state index >= 15 is 0 Å². The average Bonchev–Trinajstić information content (AvgIpc) is 3.26. The maximum Gasteiger partial charge on any atom is 0.270 e. The molecule has 2 fully saturated rings. The van der Waals surface area contributed by atoms with Gasteiger partial charge >= 0.3 is 0 Å². The minimum absolute atomic E-state index is 0.0702. The largest absolute Gasteiger partial charge is 0.353 e. The number of fused-ring (bicyclic) bond motifs is 1. The molecule has 1 saturated heterocycles. The summed E-state index contributed by atoms with van der Waals surface area (Å²) in [5.41, 5.74) is 3.89. The summed E-state index contributed by atoms with van der Waals surface area (Å²) in [6.45, 7) is 3.46. The number of H-pyrrole nitrogens is 1. The predicted octanol–water partition coefficient (Wildman–Crippen LogP) is 5.41. The number of nitrogens with zero attached hydrogens (tertiary/aromatic N) is 2. The first-order chi connectivity index (χ1) is 16.6. The van der Waals surface area contributed by atoms with Crippen molar-refractivity contribution >= 4 is 33.4 Å². The van der Waals surface area contributed by atoms with Crippen LogP contribution in [0.1, 0.15) is 63.4 Å². The molecule has 2 N–H and O–H groups in total. The second kappa shape index (κ2) is 10.3. The number of aromatic amines is 1. The Morgan fingerprint density at radius 2 is 1.79 bits per heavy atom. The molecule has 3 aromatic rings. The standard InChI is InChI=1S/C27H34N4O2S/c1-18-11-13-19(14-12-18)22-17-34-24-23(22)29-27(30-26(24)33)31-15-7-8-20(16-31)25(32)28-21-9-5-3-2-4-6-10-21/h11-14,17,20-21H,2-10,15-16H2,1H3,(H,28,32)(H,29,30,33). The van der Waals surface area contributed by atoms with Crippen molar-refractivity contribution in [1.29, 1.82) is 0 Å². The first-order valence-corrected chi connectivity index (χ1v) is 13.6. The molecule has 1 saturated carbocycles. The fourth-order valence-corrected chi connectivity index (χ4v) is 6.22. The number of thiophene rings is 1. The summed E-state index contributed by atoms with van der Waals surface area (Å²) in [6, 6.07) is 8.63. The van der Waals surface area contributed by atoms with Crippen molar-refractivity contribution in [3.05, 3.63) is 45.6 Å². The predicted molar refractivity (Wildman–Crippen MR) is 140 cm³/mol. The Bertz CT molecular complexity index is 1190. The molecule has 1 aromatic carbocycles. The van der Waals surface area contributed by atoms with Crippen LogP contribution in [0.2, 0.25) is 0 Å². The number of rotatable bonds is 4. The lowest BCUT2D eigenvalue weighted by Crippen LogP contribution is -2.46. The summed E-state index contributed by atoms with van der Waals surface area (Å²) in [4.78, 5) is 36.0. The zero-order valence-corrected chi connectivity index (χ0v) is 20.8. The van der Waals surface area contributed by atoms with Crippen LogP contribution >= 0.6 is 11.3 Å². The van der Waals surface area contributed by atoms with Gasteiger partial charge in [0.25, 0.3) is 5.56 Å². The fourth-order valence-electron chi connectivity index (χ4n) is 5.31. The molecular formula is C27H34N4O2S. The van der Waals surface area contributed by atoms with Gasteiger partial charge in [-0.2, -0.15) is 0 Å². The second-order valence-electron chi connectivity index (χ2n) is 9.92. The fraction of sp³-hybridized carbons (Fsp3) is 0.519. The quantitative estimate of drug-likeness (QED) is 0.526. The van der Waals surface area contributed by atoms with Gasteiger partial charge in [-0.15, -0.1) is 11.3 Å². The molecule has 1 unspecified atom stereocenters. The van der Waals surface area contributed by atoms with Crippen LogP contribution in [0, 0.1) is 12.8 Å². The first-order valence-electron chi connectivity index (χ1n) is 12.7. The van der Waals surface area contributed by atoms with Crippen molar-refractivity contribution in [1.82, 2.24) is 15.3 Å². The molecule has 1 aliphatic heterocycles. The molecule has 0 radical (unpaired) electrons. The third-order valence-corrected chi connectivity index (χ3v) is 8.29. The molecular weight excluding hydrogens is 444 g/mol. The van der Waals surface area contributed by atoms with Gasteiger partial charge in [0.1, 0.15) is 4.70 Å². The van der Waals surface area contributed by atoms with Crippen molar-refractivity contribution in [3.63, 3.8) is 0 Å². The van der Waals surface area contributed by atoms with Gasteiger partial charge in [0.05, 0.1) is 11.4 Å². The Hall–Kier alpha value is -2.67. The Labute approximate surface area is 204 Å². The highest BCUT2D eigenvalue weighted by atomic mass is 32.1. The molecule has 7 heteroatoms. The van der Waals surface area contributed by atoms with E-state index in [1.165, 1.54) is 49.0 Å². The number of hydrogen-bond acceptors (Lipinski definition) is 5. The number of carbonyl (C=O) groups is 1. The van der Waals surface area contributed by atoms with Crippen molar-refractivity contribution in [2.75, 3.05) is 18.0 Å². The minimum Gasteiger partial charge on any atom is -0.353 e. The zero-order chi connectivity index (χ0) is 23.5. The highest BCUT2D eigenvalue weighted by Gasteiger charge is 2.29. The normalized spacial score (nSPS) is 20.1. The van der Waals surface area contributed by atoms with Gasteiger partial charge in [-0.3, -0.25) is 14.6 Å². The maximum absolute atomic E-state index is 13.1. The van der Waals surface area contributed by atoms with Crippen LogP contribution in [-0.2, 0) is 4.79 Å². The van der Waals surface area contributed by atoms with Crippen molar-refractivity contribution in [2.45, 2.75) is 70.8 Å². The van der Waals surface area contributed by atoms with E-state index in [1.807, 2.05) is 5.38 Å². The maximum atomic E-state index is 13.1. The third kappa shape index (κ3) is 5.04. The third-order valence-electron chi connectivity index (χ3n) is 7.32. The molecule has 180 valence electrons. The van der Waals surface area contributed by atoms with Gasteiger partial charge in [0, 0.05) is 30.1 Å². The van der Waals surface area contributed by atoms with Gasteiger partial charge in [-0.05, 0) is 38.2 Å². The lowest BCUT2D eigenvalue weighted by atomic mass is 9.94. The molecule has 1 amide bonds. The first kappa shape index (κ1) is 23.1. The van der Waals surface area contributed by atoms with E-state index in [2.05, 4.69) is 46.4 Å². The minimum atomic E-state index is -0.107. The van der Waals surface area contributed by atoms with Crippen molar-refractivity contribution in [2.24, 2.45) is 5.92 Å². The summed E-state index contributed by atoms with van der Waals surface area (Å²) >= 11 is 1.43. The van der Waals surface area contributed by atoms with Crippen molar-refractivity contribution in [3.8, 4) is 11.1 Å². The molecule has 0 spiro atoms. The Morgan fingerprint density at radius 3 is 2.56 bits per heavy atom. The average molecular weight is 479 g/mol. The molecule has 0 bridgehead atoms. The topological polar surface area (TPSA) is 78.1 Å². The van der Waals surface area contributed by atoms with Crippen LogP contribution in [0.25, 0.3) is 21.3 Å². The SMILES string of the molecule is Cc1ccc(-c2csc3c(=O)[nH]c(N4CCCC(C(=O)NC5CCCCCCC5)C4)nc23)cc1. The van der Waals surface area contributed by atoms with Crippen LogP contribution in [-0.4, -0.2) is 35.0 Å². The number of carbonyl (C=O) groups excluding carboxylic acids is 1. The number of aryl methyl sites for hydroxylation is 1. The monoisotopic (exact) mass is 478 g/mol. The van der Waals surface area contributed by atoms with Gasteiger partial charge in [-0.25, -0.2) is 4.98 Å². The summed E-state index contributed by atoms with van der Waals surface area (Å²) in [6.07, 6.45) is 10.3. The van der Waals surface area contributed by atoms with Crippen LogP contribution in [0.3, 0.4) is 0 Å². The Morgan fingerprint density at radius 1 is 1.06 bits per heavy atom. The van der Waals surface area contributed by atoms with E-state index in [0.717, 1.165) is 48.9 Å². The van der Waals surface area contributed by atoms with E-state index < -0.39 is 0 Å². The molecule has 3 heterocycles. The van der Waals surface area contributed by atoms with Gasteiger partial charge in [0.15, 0.2) is 0 Å². The zero-order valence-electron chi connectivity index (χ0n) is 19.9. The van der Waals surface area contributed by atoms with E-state index in [4.69, 9.17) is 4.98 Å². The summed E-state index contributed by atoms with van der Waals surface area (Å²) in [7, 11) is 0. The van der Waals surface area contributed by atoms with Gasteiger partial charge < -0.3 is 10.2 Å². The molecule has 1 aliphatic carbocycles. The highest BCUT2D eigenvalue weighted by Crippen LogP contribution is 2.32. The number of anilines is 1. The second-order valence-corrected chi connectivity index (χ2v) is 10.8. The van der Waals surface area contributed by atoms with Crippen molar-refractivity contribution < 1.29 is 4.79 Å². The number of piperidine rings is 1. The molecule has 5 rings (SSSR count). The highest BCUT2D eigenvalue weighted by molar-refractivity contribution is 7.17. The van der Waals surface area contributed by atoms with Gasteiger partial charge in [-0.1, -0.05) is 61.9 Å². The van der Waals surface area contributed by atoms with E-state index in [-0.39, 0.29) is 17.4 Å². The number of hydrogen-bond donors (Lipinski definition) is 2. The van der Waals surface area contributed by atoms with Crippen LogP contribution < -0.4 is 15.8 Å². The molecule has 1 atom stereocenters. The molecule has 2 aliphatic rings. The van der Waals surface area contributed by atoms with Crippen LogP contribution in [0.15, 0.2) is 34.4 Å². The number of benzene rings is 1. The van der Waals surface area contributed by atoms with Crippen LogP contribution in [0.4, 0.5) is 5.95 Å². The van der Waals surface area contributed by atoms with Crippen LogP contribution in [0.5, 0.6) is 0 Å². The van der Waals surface area contributed by atoms with E-state index in [0.29, 0.717) is 23.2 Å². The number of amides is 1. The summed E-state index contributed by atoms with van der Waals surface area (Å²) < 4.78 is 0.648. The van der Waals surface area contributed by atoms with E-state index in [9.17, 15) is 9.59 Å². The number of nitrogens with one attached hydrogen (secondary N) is 2. The van der Waals surface area contributed by atoms with Gasteiger partial charge in [0.2, 0.25) is 11.9 Å². The molecule has 2 aromatic heterocycles. The lowest BCUT2D eigenvalue weighted by Gasteiger charge is -2.33. The van der Waals surface area contributed by atoms with E-state index in [1.54, 1.807) is 0 Å².